The van der Waals surface area contributed by atoms with Crippen LogP contribution in [-0.2, 0) is 6.54 Å². The van der Waals surface area contributed by atoms with Gasteiger partial charge in [-0.15, -0.1) is 0 Å². The van der Waals surface area contributed by atoms with E-state index in [0.717, 1.165) is 54.8 Å². The predicted molar refractivity (Wildman–Crippen MR) is 121 cm³/mol. The zero-order valence-electron chi connectivity index (χ0n) is 17.5. The zero-order valence-corrected chi connectivity index (χ0v) is 17.5. The van der Waals surface area contributed by atoms with Crippen molar-refractivity contribution < 1.29 is 4.74 Å². The number of guanidine groups is 1. The molecule has 1 fully saturated rings. The fourth-order valence-electron chi connectivity index (χ4n) is 3.74. The molecule has 0 spiro atoms. The monoisotopic (exact) mass is 404 g/mol. The van der Waals surface area contributed by atoms with Crippen LogP contribution in [0.2, 0.25) is 0 Å². The molecule has 0 aliphatic carbocycles. The van der Waals surface area contributed by atoms with Crippen molar-refractivity contribution in [1.82, 2.24) is 20.0 Å². The molecule has 4 rings (SSSR count). The van der Waals surface area contributed by atoms with Gasteiger partial charge in [0, 0.05) is 51.5 Å². The maximum absolute atomic E-state index is 5.52. The zero-order chi connectivity index (χ0) is 20.8. The quantitative estimate of drug-likeness (QED) is 0.524. The predicted octanol–water partition coefficient (Wildman–Crippen LogP) is 2.78. The summed E-state index contributed by atoms with van der Waals surface area (Å²) in [5, 5.41) is 7.94. The standard InChI is InChI=1S/C23H28N6O/c1-24-23(25-16-19-17-26-29(18-19)20-8-4-3-5-9-20)28-14-12-27(13-15-28)21-10-6-7-11-22(21)30-2/h3-11,17-18H,12-16H2,1-2H3,(H,24,25). The van der Waals surface area contributed by atoms with Crippen molar-refractivity contribution in [3.05, 3.63) is 72.6 Å². The number of hydrogen-bond acceptors (Lipinski definition) is 4. The summed E-state index contributed by atoms with van der Waals surface area (Å²) in [5.74, 6) is 1.84. The summed E-state index contributed by atoms with van der Waals surface area (Å²) in [4.78, 5) is 9.15. The maximum atomic E-state index is 5.52. The van der Waals surface area contributed by atoms with Crippen LogP contribution in [0.5, 0.6) is 5.75 Å². The molecule has 0 radical (unpaired) electrons. The molecule has 1 aromatic heterocycles. The molecule has 30 heavy (non-hydrogen) atoms. The van der Waals surface area contributed by atoms with Crippen molar-refractivity contribution in [2.45, 2.75) is 6.54 Å². The smallest absolute Gasteiger partial charge is 0.194 e. The summed E-state index contributed by atoms with van der Waals surface area (Å²) in [5.41, 5.74) is 3.32. The van der Waals surface area contributed by atoms with E-state index in [9.17, 15) is 0 Å². The Bertz CT molecular complexity index is 976. The van der Waals surface area contributed by atoms with Crippen LogP contribution in [0.1, 0.15) is 5.56 Å². The van der Waals surface area contributed by atoms with Crippen LogP contribution in [0.3, 0.4) is 0 Å². The number of hydrogen-bond donors (Lipinski definition) is 1. The number of piperazine rings is 1. The van der Waals surface area contributed by atoms with Crippen molar-refractivity contribution in [2.24, 2.45) is 4.99 Å². The van der Waals surface area contributed by atoms with Gasteiger partial charge < -0.3 is 19.9 Å². The number of aromatic nitrogens is 2. The van der Waals surface area contributed by atoms with Crippen LogP contribution in [0, 0.1) is 0 Å². The molecule has 1 N–H and O–H groups in total. The summed E-state index contributed by atoms with van der Waals surface area (Å²) < 4.78 is 7.41. The van der Waals surface area contributed by atoms with E-state index in [2.05, 4.69) is 43.5 Å². The summed E-state index contributed by atoms with van der Waals surface area (Å²) in [6.45, 7) is 4.34. The first-order chi connectivity index (χ1) is 14.8. The van der Waals surface area contributed by atoms with E-state index < -0.39 is 0 Å². The highest BCUT2D eigenvalue weighted by atomic mass is 16.5. The molecular formula is C23H28N6O. The number of para-hydroxylation sites is 3. The number of nitrogens with zero attached hydrogens (tertiary/aromatic N) is 5. The molecule has 7 nitrogen and oxygen atoms in total. The molecule has 0 atom stereocenters. The fourth-order valence-corrected chi connectivity index (χ4v) is 3.74. The van der Waals surface area contributed by atoms with Gasteiger partial charge in [-0.05, 0) is 24.3 Å². The molecule has 0 bridgehead atoms. The van der Waals surface area contributed by atoms with Gasteiger partial charge in [0.1, 0.15) is 5.75 Å². The van der Waals surface area contributed by atoms with Crippen molar-refractivity contribution in [2.75, 3.05) is 45.2 Å². The average Bonchev–Trinajstić information content (AvgIpc) is 3.29. The topological polar surface area (TPSA) is 57.9 Å². The number of ether oxygens (including phenoxy) is 1. The average molecular weight is 405 g/mol. The highest BCUT2D eigenvalue weighted by Crippen LogP contribution is 2.28. The van der Waals surface area contributed by atoms with Crippen LogP contribution in [0.15, 0.2) is 72.0 Å². The molecule has 0 saturated carbocycles. The minimum atomic E-state index is 0.687. The number of nitrogens with one attached hydrogen (secondary N) is 1. The Hall–Kier alpha value is -3.48. The lowest BCUT2D eigenvalue weighted by Crippen LogP contribution is -2.52. The van der Waals surface area contributed by atoms with E-state index in [1.165, 1.54) is 0 Å². The molecule has 2 aromatic carbocycles. The molecule has 1 aliphatic rings. The van der Waals surface area contributed by atoms with Gasteiger partial charge >= 0.3 is 0 Å². The Labute approximate surface area is 177 Å². The van der Waals surface area contributed by atoms with Crippen LogP contribution < -0.4 is 15.0 Å². The van der Waals surface area contributed by atoms with Gasteiger partial charge in [-0.3, -0.25) is 4.99 Å². The lowest BCUT2D eigenvalue weighted by molar-refractivity contribution is 0.367. The van der Waals surface area contributed by atoms with Gasteiger partial charge in [-0.1, -0.05) is 30.3 Å². The van der Waals surface area contributed by atoms with Crippen molar-refractivity contribution in [1.29, 1.82) is 0 Å². The third-order valence-electron chi connectivity index (χ3n) is 5.32. The second kappa shape index (κ2) is 9.35. The Morgan fingerprint density at radius 2 is 1.77 bits per heavy atom. The molecule has 1 saturated heterocycles. The van der Waals surface area contributed by atoms with Crippen molar-refractivity contribution in [3.63, 3.8) is 0 Å². The molecule has 0 amide bonds. The Kier molecular flexibility index (Phi) is 6.17. The third kappa shape index (κ3) is 4.40. The number of methoxy groups -OCH3 is 1. The van der Waals surface area contributed by atoms with Gasteiger partial charge in [0.25, 0.3) is 0 Å². The Morgan fingerprint density at radius 3 is 2.50 bits per heavy atom. The number of anilines is 1. The van der Waals surface area contributed by atoms with E-state index >= 15 is 0 Å². The normalized spacial score (nSPS) is 14.7. The summed E-state index contributed by atoms with van der Waals surface area (Å²) in [6.07, 6.45) is 3.95. The Morgan fingerprint density at radius 1 is 1.03 bits per heavy atom. The number of aliphatic imine (C=N–C) groups is 1. The van der Waals surface area contributed by atoms with Crippen LogP contribution in [0.25, 0.3) is 5.69 Å². The maximum Gasteiger partial charge on any atom is 0.194 e. The Balaban J connectivity index is 1.33. The van der Waals surface area contributed by atoms with E-state index in [4.69, 9.17) is 4.74 Å². The minimum absolute atomic E-state index is 0.687. The first-order valence-corrected chi connectivity index (χ1v) is 10.2. The van der Waals surface area contributed by atoms with Crippen molar-refractivity contribution in [3.8, 4) is 11.4 Å². The number of benzene rings is 2. The molecule has 2 heterocycles. The van der Waals surface area contributed by atoms with Crippen molar-refractivity contribution >= 4 is 11.6 Å². The lowest BCUT2D eigenvalue weighted by atomic mass is 10.2. The van der Waals surface area contributed by atoms with Crippen LogP contribution >= 0.6 is 0 Å². The van der Waals surface area contributed by atoms with Crippen LogP contribution in [-0.4, -0.2) is 61.0 Å². The highest BCUT2D eigenvalue weighted by molar-refractivity contribution is 5.80. The second-order valence-corrected chi connectivity index (χ2v) is 7.18. The minimum Gasteiger partial charge on any atom is -0.495 e. The molecule has 7 heteroatoms. The van der Waals surface area contributed by atoms with E-state index in [-0.39, 0.29) is 0 Å². The van der Waals surface area contributed by atoms with Gasteiger partial charge in [0.15, 0.2) is 5.96 Å². The van der Waals surface area contributed by atoms with E-state index in [1.54, 1.807) is 7.11 Å². The lowest BCUT2D eigenvalue weighted by Gasteiger charge is -2.38. The molecule has 156 valence electrons. The first-order valence-electron chi connectivity index (χ1n) is 10.2. The summed E-state index contributed by atoms with van der Waals surface area (Å²) in [7, 11) is 3.56. The number of rotatable bonds is 5. The highest BCUT2D eigenvalue weighted by Gasteiger charge is 2.21. The summed E-state index contributed by atoms with van der Waals surface area (Å²) in [6, 6.07) is 18.3. The largest absolute Gasteiger partial charge is 0.495 e. The van der Waals surface area contributed by atoms with Gasteiger partial charge in [-0.2, -0.15) is 5.10 Å². The van der Waals surface area contributed by atoms with E-state index in [1.807, 2.05) is 60.4 Å². The van der Waals surface area contributed by atoms with Gasteiger partial charge in [-0.25, -0.2) is 4.68 Å². The molecule has 1 aliphatic heterocycles. The molecular weight excluding hydrogens is 376 g/mol. The molecule has 0 unspecified atom stereocenters. The summed E-state index contributed by atoms with van der Waals surface area (Å²) >= 11 is 0. The SMILES string of the molecule is CN=C(NCc1cnn(-c2ccccc2)c1)N1CCN(c2ccccc2OC)CC1. The van der Waals surface area contributed by atoms with E-state index in [0.29, 0.717) is 6.54 Å². The van der Waals surface area contributed by atoms with Gasteiger partial charge in [0.05, 0.1) is 24.7 Å². The van der Waals surface area contributed by atoms with Gasteiger partial charge in [0.2, 0.25) is 0 Å². The third-order valence-corrected chi connectivity index (χ3v) is 5.32. The fraction of sp³-hybridized carbons (Fsp3) is 0.304. The first kappa shape index (κ1) is 19.8. The second-order valence-electron chi connectivity index (χ2n) is 7.18. The molecule has 3 aromatic rings. The van der Waals surface area contributed by atoms with Crippen LogP contribution in [0.4, 0.5) is 5.69 Å².